The van der Waals surface area contributed by atoms with Gasteiger partial charge in [-0.1, -0.05) is 12.1 Å². The quantitative estimate of drug-likeness (QED) is 0.830. The first-order chi connectivity index (χ1) is 8.11. The number of halogens is 3. The molecule has 100 valence electrons. The standard InChI is InChI=1S/C12H14F3NO2/c1-11(2,3)18-16-10(17)8-6-4-5-7-9(8)12(13,14)15/h4-7H,1-3H3,(H,16,17). The van der Waals surface area contributed by atoms with Crippen LogP contribution in [0.15, 0.2) is 24.3 Å². The first-order valence-corrected chi connectivity index (χ1v) is 5.26. The molecule has 0 aliphatic heterocycles. The second kappa shape index (κ2) is 4.97. The zero-order chi connectivity index (χ0) is 14.0. The molecule has 0 bridgehead atoms. The van der Waals surface area contributed by atoms with E-state index in [0.29, 0.717) is 0 Å². The van der Waals surface area contributed by atoms with Gasteiger partial charge in [0.05, 0.1) is 16.7 Å². The van der Waals surface area contributed by atoms with Crippen LogP contribution in [0.5, 0.6) is 0 Å². The van der Waals surface area contributed by atoms with Crippen molar-refractivity contribution in [3.63, 3.8) is 0 Å². The van der Waals surface area contributed by atoms with E-state index in [1.807, 2.05) is 5.48 Å². The highest BCUT2D eigenvalue weighted by Crippen LogP contribution is 2.31. The Bertz CT molecular complexity index is 436. The largest absolute Gasteiger partial charge is 0.417 e. The minimum absolute atomic E-state index is 0.464. The molecule has 3 nitrogen and oxygen atoms in total. The number of carbonyl (C=O) groups is 1. The minimum atomic E-state index is -4.57. The van der Waals surface area contributed by atoms with Crippen molar-refractivity contribution in [2.24, 2.45) is 0 Å². The summed E-state index contributed by atoms with van der Waals surface area (Å²) in [6, 6.07) is 4.54. The summed E-state index contributed by atoms with van der Waals surface area (Å²) in [5.41, 5.74) is -0.115. The second-order valence-corrected chi connectivity index (χ2v) is 4.69. The molecular formula is C12H14F3NO2. The van der Waals surface area contributed by atoms with Crippen molar-refractivity contribution in [2.45, 2.75) is 32.5 Å². The summed E-state index contributed by atoms with van der Waals surface area (Å²) in [7, 11) is 0. The molecule has 0 unspecified atom stereocenters. The highest BCUT2D eigenvalue weighted by molar-refractivity contribution is 5.95. The van der Waals surface area contributed by atoms with Gasteiger partial charge in [-0.3, -0.25) is 9.63 Å². The molecule has 0 radical (unpaired) electrons. The van der Waals surface area contributed by atoms with Crippen LogP contribution in [0.4, 0.5) is 13.2 Å². The number of nitrogens with one attached hydrogen (secondary N) is 1. The highest BCUT2D eigenvalue weighted by atomic mass is 19.4. The molecule has 1 N–H and O–H groups in total. The summed E-state index contributed by atoms with van der Waals surface area (Å²) in [4.78, 5) is 16.6. The van der Waals surface area contributed by atoms with E-state index in [9.17, 15) is 18.0 Å². The fourth-order valence-corrected chi connectivity index (χ4v) is 1.18. The summed E-state index contributed by atoms with van der Waals surface area (Å²) in [5, 5.41) is 0. The van der Waals surface area contributed by atoms with Gasteiger partial charge in [-0.25, -0.2) is 5.48 Å². The fraction of sp³-hybridized carbons (Fsp3) is 0.417. The van der Waals surface area contributed by atoms with Crippen molar-refractivity contribution in [3.8, 4) is 0 Å². The maximum Gasteiger partial charge on any atom is 0.417 e. The number of amides is 1. The van der Waals surface area contributed by atoms with E-state index in [4.69, 9.17) is 4.84 Å². The summed E-state index contributed by atoms with van der Waals surface area (Å²) in [5.74, 6) is -0.919. The lowest BCUT2D eigenvalue weighted by Crippen LogP contribution is -2.34. The Labute approximate surface area is 103 Å². The molecule has 0 aliphatic carbocycles. The van der Waals surface area contributed by atoms with Crippen LogP contribution >= 0.6 is 0 Å². The van der Waals surface area contributed by atoms with Gasteiger partial charge in [0, 0.05) is 0 Å². The van der Waals surface area contributed by atoms with E-state index >= 15 is 0 Å². The SMILES string of the molecule is CC(C)(C)ONC(=O)c1ccccc1C(F)(F)F. The highest BCUT2D eigenvalue weighted by Gasteiger charge is 2.35. The summed E-state index contributed by atoms with van der Waals surface area (Å²) < 4.78 is 38.0. The Morgan fingerprint density at radius 3 is 2.22 bits per heavy atom. The summed E-state index contributed by atoms with van der Waals surface area (Å²) in [6.45, 7) is 5.01. The Balaban J connectivity index is 2.93. The number of benzene rings is 1. The first-order valence-electron chi connectivity index (χ1n) is 5.26. The third kappa shape index (κ3) is 4.03. The van der Waals surface area contributed by atoms with Crippen LogP contribution in [0.1, 0.15) is 36.7 Å². The number of hydrogen-bond acceptors (Lipinski definition) is 2. The van der Waals surface area contributed by atoms with Gasteiger partial charge in [-0.2, -0.15) is 13.2 Å². The number of hydroxylamine groups is 1. The molecule has 0 aromatic heterocycles. The molecule has 0 fully saturated rings. The van der Waals surface area contributed by atoms with E-state index in [-0.39, 0.29) is 0 Å². The zero-order valence-corrected chi connectivity index (χ0v) is 10.3. The maximum atomic E-state index is 12.7. The van der Waals surface area contributed by atoms with E-state index in [0.717, 1.165) is 12.1 Å². The molecule has 0 saturated heterocycles. The van der Waals surface area contributed by atoms with Crippen LogP contribution in [0.3, 0.4) is 0 Å². The molecule has 1 aromatic rings. The minimum Gasteiger partial charge on any atom is -0.268 e. The molecule has 0 saturated carbocycles. The molecule has 0 heterocycles. The molecular weight excluding hydrogens is 247 g/mol. The van der Waals surface area contributed by atoms with Crippen molar-refractivity contribution in [1.29, 1.82) is 0 Å². The van der Waals surface area contributed by atoms with Crippen LogP contribution < -0.4 is 5.48 Å². The lowest BCUT2D eigenvalue weighted by Gasteiger charge is -2.20. The molecule has 1 rings (SSSR count). The molecule has 1 aromatic carbocycles. The second-order valence-electron chi connectivity index (χ2n) is 4.69. The monoisotopic (exact) mass is 261 g/mol. The molecule has 0 atom stereocenters. The molecule has 6 heteroatoms. The Morgan fingerprint density at radius 2 is 1.72 bits per heavy atom. The normalized spacial score (nSPS) is 12.3. The lowest BCUT2D eigenvalue weighted by atomic mass is 10.1. The summed E-state index contributed by atoms with van der Waals surface area (Å²) in [6.07, 6.45) is -4.57. The average Bonchev–Trinajstić information content (AvgIpc) is 2.24. The third-order valence-electron chi connectivity index (χ3n) is 1.93. The third-order valence-corrected chi connectivity index (χ3v) is 1.93. The smallest absolute Gasteiger partial charge is 0.268 e. The van der Waals surface area contributed by atoms with Crippen LogP contribution in [0.25, 0.3) is 0 Å². The summed E-state index contributed by atoms with van der Waals surface area (Å²) >= 11 is 0. The van der Waals surface area contributed by atoms with Crippen LogP contribution in [-0.2, 0) is 11.0 Å². The lowest BCUT2D eigenvalue weighted by molar-refractivity contribution is -0.138. The van der Waals surface area contributed by atoms with E-state index in [1.54, 1.807) is 20.8 Å². The van der Waals surface area contributed by atoms with Gasteiger partial charge in [0.1, 0.15) is 0 Å². The van der Waals surface area contributed by atoms with Gasteiger partial charge in [-0.15, -0.1) is 0 Å². The first kappa shape index (κ1) is 14.5. The van der Waals surface area contributed by atoms with E-state index in [2.05, 4.69) is 0 Å². The van der Waals surface area contributed by atoms with Gasteiger partial charge in [0.15, 0.2) is 0 Å². The van der Waals surface area contributed by atoms with Crippen molar-refractivity contribution in [2.75, 3.05) is 0 Å². The predicted molar refractivity (Wildman–Crippen MR) is 59.7 cm³/mol. The Kier molecular flexibility index (Phi) is 4.01. The molecule has 1 amide bonds. The van der Waals surface area contributed by atoms with Gasteiger partial charge < -0.3 is 0 Å². The number of alkyl halides is 3. The number of hydrogen-bond donors (Lipinski definition) is 1. The Morgan fingerprint density at radius 1 is 1.17 bits per heavy atom. The van der Waals surface area contributed by atoms with Gasteiger partial charge >= 0.3 is 6.18 Å². The van der Waals surface area contributed by atoms with Crippen molar-refractivity contribution in [3.05, 3.63) is 35.4 Å². The van der Waals surface area contributed by atoms with Gasteiger partial charge in [0.2, 0.25) is 0 Å². The predicted octanol–water partition coefficient (Wildman–Crippen LogP) is 3.17. The fourth-order valence-electron chi connectivity index (χ4n) is 1.18. The van der Waals surface area contributed by atoms with Crippen LogP contribution in [0, 0.1) is 0 Å². The average molecular weight is 261 g/mol. The van der Waals surface area contributed by atoms with Gasteiger partial charge in [-0.05, 0) is 32.9 Å². The van der Waals surface area contributed by atoms with Crippen molar-refractivity contribution >= 4 is 5.91 Å². The molecule has 0 spiro atoms. The topological polar surface area (TPSA) is 38.3 Å². The number of rotatable bonds is 2. The number of carbonyl (C=O) groups excluding carboxylic acids is 1. The maximum absolute atomic E-state index is 12.7. The van der Waals surface area contributed by atoms with Crippen molar-refractivity contribution in [1.82, 2.24) is 5.48 Å². The van der Waals surface area contributed by atoms with E-state index in [1.165, 1.54) is 12.1 Å². The zero-order valence-electron chi connectivity index (χ0n) is 10.3. The Hall–Kier alpha value is -1.56. The molecule has 18 heavy (non-hydrogen) atoms. The molecule has 0 aliphatic rings. The van der Waals surface area contributed by atoms with Gasteiger partial charge in [0.25, 0.3) is 5.91 Å². The van der Waals surface area contributed by atoms with Crippen molar-refractivity contribution < 1.29 is 22.8 Å². The van der Waals surface area contributed by atoms with E-state index < -0.39 is 28.8 Å². The van der Waals surface area contributed by atoms with Crippen LogP contribution in [0.2, 0.25) is 0 Å². The van der Waals surface area contributed by atoms with Crippen LogP contribution in [-0.4, -0.2) is 11.5 Å².